The highest BCUT2D eigenvalue weighted by molar-refractivity contribution is 5.72. The van der Waals surface area contributed by atoms with Crippen LogP contribution in [0.1, 0.15) is 142 Å². The lowest BCUT2D eigenvalue weighted by Gasteiger charge is -2.31. The number of unbranched alkanes of at least 4 members (excludes halogenated alkanes) is 5. The third-order valence-electron chi connectivity index (χ3n) is 9.35. The molecule has 0 aromatic heterocycles. The van der Waals surface area contributed by atoms with Gasteiger partial charge in [0.25, 0.3) is 0 Å². The van der Waals surface area contributed by atoms with E-state index in [0.29, 0.717) is 19.3 Å². The summed E-state index contributed by atoms with van der Waals surface area (Å²) >= 11 is 0. The molecule has 0 aliphatic carbocycles. The molecule has 0 aliphatic rings. The summed E-state index contributed by atoms with van der Waals surface area (Å²) in [6.07, 6.45) is 59.7. The van der Waals surface area contributed by atoms with E-state index >= 15 is 0 Å². The molecule has 0 amide bonds. The number of likely N-dealkylation sites (N-methyl/N-ethyl adjacent to an activating group) is 1. The zero-order chi connectivity index (χ0) is 44.9. The number of aliphatic carboxylic acids is 1. The second-order valence-corrected chi connectivity index (χ2v) is 15.9. The number of carbonyl (C=O) groups is 3. The Morgan fingerprint density at radius 1 is 0.508 bits per heavy atom. The number of carboxylic acid groups (broad SMARTS) is 1. The van der Waals surface area contributed by atoms with Crippen molar-refractivity contribution in [3.05, 3.63) is 122 Å². The van der Waals surface area contributed by atoms with Crippen LogP contribution in [0.25, 0.3) is 0 Å². The monoisotopic (exact) mass is 847 g/mol. The third kappa shape index (κ3) is 40.9. The van der Waals surface area contributed by atoms with Crippen LogP contribution in [0.3, 0.4) is 0 Å². The molecule has 1 N–H and O–H groups in total. The summed E-state index contributed by atoms with van der Waals surface area (Å²) in [6, 6.07) is -0.641. The van der Waals surface area contributed by atoms with E-state index in [9.17, 15) is 19.5 Å². The second-order valence-electron chi connectivity index (χ2n) is 15.9. The maximum absolute atomic E-state index is 12.7. The molecule has 2 atom stereocenters. The standard InChI is InChI=1S/C53H83NO7/c1-6-8-10-12-14-16-18-20-22-24-25-26-28-30-32-34-36-38-40-42-44-52(56)61-49(47-59-46-45-50(53(57)58)54(3,4)5)48-60-51(55)43-41-39-37-35-33-31-29-27-23-21-19-17-15-13-11-9-7-2/h8,10,14-17,20-23,25-26,29-32,35-38,49-50H,6-7,9,11-13,18-19,24,27-28,33-34,39-48H2,1-5H3/p+1/b10-8+,16-14+,17-15+,22-20+,23-21+,26-25+,31-29+,32-30+,37-35+,38-36+. The minimum absolute atomic E-state index is 0.0118. The molecule has 0 aliphatic heterocycles. The first-order chi connectivity index (χ1) is 29.6. The number of carboxylic acids is 1. The first-order valence-corrected chi connectivity index (χ1v) is 23.1. The van der Waals surface area contributed by atoms with E-state index in [-0.39, 0.29) is 49.1 Å². The number of esters is 2. The Hall–Kier alpha value is -4.27. The number of rotatable bonds is 39. The number of ether oxygens (including phenoxy) is 3. The van der Waals surface area contributed by atoms with Crippen molar-refractivity contribution in [2.75, 3.05) is 41.0 Å². The van der Waals surface area contributed by atoms with Gasteiger partial charge in [-0.05, 0) is 96.3 Å². The summed E-state index contributed by atoms with van der Waals surface area (Å²) in [5.41, 5.74) is 0. The molecule has 0 saturated heterocycles. The molecule has 0 fully saturated rings. The molecule has 61 heavy (non-hydrogen) atoms. The summed E-state index contributed by atoms with van der Waals surface area (Å²) in [5, 5.41) is 9.63. The van der Waals surface area contributed by atoms with Crippen LogP contribution < -0.4 is 0 Å². The highest BCUT2D eigenvalue weighted by atomic mass is 16.6. The van der Waals surface area contributed by atoms with E-state index in [1.165, 1.54) is 25.7 Å². The van der Waals surface area contributed by atoms with Gasteiger partial charge in [0.15, 0.2) is 12.1 Å². The van der Waals surface area contributed by atoms with E-state index < -0.39 is 18.1 Å². The topological polar surface area (TPSA) is 99.1 Å². The van der Waals surface area contributed by atoms with Crippen LogP contribution in [0, 0.1) is 0 Å². The first kappa shape index (κ1) is 56.7. The molecule has 0 heterocycles. The highest BCUT2D eigenvalue weighted by Gasteiger charge is 2.31. The van der Waals surface area contributed by atoms with Gasteiger partial charge >= 0.3 is 17.9 Å². The number of allylic oxidation sites excluding steroid dienone is 20. The molecule has 342 valence electrons. The van der Waals surface area contributed by atoms with Crippen LogP contribution in [0.4, 0.5) is 0 Å². The fourth-order valence-corrected chi connectivity index (χ4v) is 5.80. The van der Waals surface area contributed by atoms with Gasteiger partial charge in [0, 0.05) is 19.3 Å². The molecule has 0 bridgehead atoms. The average molecular weight is 847 g/mol. The molecule has 0 radical (unpaired) electrons. The fraction of sp³-hybridized carbons (Fsp3) is 0.566. The first-order valence-electron chi connectivity index (χ1n) is 23.1. The minimum Gasteiger partial charge on any atom is -0.477 e. The number of quaternary nitrogens is 1. The van der Waals surface area contributed by atoms with E-state index in [1.54, 1.807) is 0 Å². The Morgan fingerprint density at radius 3 is 1.30 bits per heavy atom. The van der Waals surface area contributed by atoms with Gasteiger partial charge < -0.3 is 23.8 Å². The summed E-state index contributed by atoms with van der Waals surface area (Å²) in [6.45, 7) is 4.44. The number of hydrogen-bond acceptors (Lipinski definition) is 6. The fourth-order valence-electron chi connectivity index (χ4n) is 5.80. The van der Waals surface area contributed by atoms with Crippen molar-refractivity contribution in [3.63, 3.8) is 0 Å². The Morgan fingerprint density at radius 2 is 0.902 bits per heavy atom. The van der Waals surface area contributed by atoms with Crippen molar-refractivity contribution < 1.29 is 38.2 Å². The molecular formula is C53H84NO7+. The number of hydrogen-bond donors (Lipinski definition) is 1. The van der Waals surface area contributed by atoms with Gasteiger partial charge in [-0.2, -0.15) is 0 Å². The lowest BCUT2D eigenvalue weighted by molar-refractivity contribution is -0.887. The molecular weight excluding hydrogens is 763 g/mol. The molecule has 8 heteroatoms. The van der Waals surface area contributed by atoms with Crippen molar-refractivity contribution in [1.29, 1.82) is 0 Å². The Kier molecular flexibility index (Phi) is 39.5. The maximum Gasteiger partial charge on any atom is 0.362 e. The molecule has 0 aromatic rings. The lowest BCUT2D eigenvalue weighted by atomic mass is 10.1. The largest absolute Gasteiger partial charge is 0.477 e. The van der Waals surface area contributed by atoms with Crippen molar-refractivity contribution in [3.8, 4) is 0 Å². The highest BCUT2D eigenvalue weighted by Crippen LogP contribution is 2.11. The van der Waals surface area contributed by atoms with E-state index in [4.69, 9.17) is 14.2 Å². The van der Waals surface area contributed by atoms with Crippen LogP contribution in [0.15, 0.2) is 122 Å². The Bertz CT molecular complexity index is 1400. The predicted octanol–water partition coefficient (Wildman–Crippen LogP) is 13.0. The summed E-state index contributed by atoms with van der Waals surface area (Å²) < 4.78 is 17.2. The van der Waals surface area contributed by atoms with Gasteiger partial charge in [0.05, 0.1) is 34.4 Å². The molecule has 8 nitrogen and oxygen atoms in total. The normalized spacial score (nSPS) is 14.0. The zero-order valence-electron chi connectivity index (χ0n) is 38.8. The van der Waals surface area contributed by atoms with E-state index in [0.717, 1.165) is 70.6 Å². The van der Waals surface area contributed by atoms with Crippen LogP contribution in [-0.4, -0.2) is 80.6 Å². The van der Waals surface area contributed by atoms with Crippen molar-refractivity contribution >= 4 is 17.9 Å². The summed E-state index contributed by atoms with van der Waals surface area (Å²) in [5.74, 6) is -1.64. The van der Waals surface area contributed by atoms with Crippen LogP contribution in [-0.2, 0) is 28.6 Å². The summed E-state index contributed by atoms with van der Waals surface area (Å²) in [7, 11) is 5.48. The smallest absolute Gasteiger partial charge is 0.362 e. The Labute approximate surface area is 371 Å². The third-order valence-corrected chi connectivity index (χ3v) is 9.35. The second kappa shape index (κ2) is 42.4. The lowest BCUT2D eigenvalue weighted by Crippen LogP contribution is -2.50. The molecule has 2 unspecified atom stereocenters. The van der Waals surface area contributed by atoms with Crippen LogP contribution >= 0.6 is 0 Å². The molecule has 0 rings (SSSR count). The van der Waals surface area contributed by atoms with Crippen LogP contribution in [0.2, 0.25) is 0 Å². The zero-order valence-corrected chi connectivity index (χ0v) is 38.8. The van der Waals surface area contributed by atoms with Gasteiger partial charge in [0.2, 0.25) is 0 Å². The molecule has 0 spiro atoms. The average Bonchev–Trinajstić information content (AvgIpc) is 3.22. The van der Waals surface area contributed by atoms with Gasteiger partial charge in [-0.15, -0.1) is 0 Å². The van der Waals surface area contributed by atoms with Crippen molar-refractivity contribution in [1.82, 2.24) is 0 Å². The predicted molar refractivity (Wildman–Crippen MR) is 256 cm³/mol. The van der Waals surface area contributed by atoms with Crippen molar-refractivity contribution in [2.24, 2.45) is 0 Å². The quantitative estimate of drug-likeness (QED) is 0.0285. The molecule has 0 saturated carbocycles. The minimum atomic E-state index is -0.897. The van der Waals surface area contributed by atoms with Crippen molar-refractivity contribution in [2.45, 2.75) is 154 Å². The SMILES string of the molecule is CC/C=C/C/C=C/C/C=C/C/C=C/C/C=C/C/C=C/CCCC(=O)OC(COCCC(C(=O)O)[N+](C)(C)C)COC(=O)CCC/C=C/C/C=C/C/C=C/C/C=C/CCCCC. The number of nitrogens with zero attached hydrogens (tertiary/aromatic N) is 1. The Balaban J connectivity index is 4.55. The van der Waals surface area contributed by atoms with Gasteiger partial charge in [0.1, 0.15) is 6.61 Å². The van der Waals surface area contributed by atoms with Gasteiger partial charge in [-0.1, -0.05) is 148 Å². The van der Waals surface area contributed by atoms with Gasteiger partial charge in [-0.25, -0.2) is 4.79 Å². The molecule has 0 aromatic carbocycles. The van der Waals surface area contributed by atoms with E-state index in [2.05, 4.69) is 135 Å². The maximum atomic E-state index is 12.7. The summed E-state index contributed by atoms with van der Waals surface area (Å²) in [4.78, 5) is 37.0. The number of carbonyl (C=O) groups excluding carboxylic acids is 2. The van der Waals surface area contributed by atoms with Gasteiger partial charge in [-0.3, -0.25) is 9.59 Å². The van der Waals surface area contributed by atoms with Crippen LogP contribution in [0.5, 0.6) is 0 Å². The van der Waals surface area contributed by atoms with E-state index in [1.807, 2.05) is 21.1 Å².